The molecular weight excluding hydrogens is 646 g/mol. The van der Waals surface area contributed by atoms with Crippen LogP contribution in [0.1, 0.15) is 51.4 Å². The number of benzene rings is 7. The Morgan fingerprint density at radius 3 is 1.35 bits per heavy atom. The number of aryl methyl sites for hydroxylation is 2. The third-order valence-corrected chi connectivity index (χ3v) is 9.92. The summed E-state index contributed by atoms with van der Waals surface area (Å²) in [4.78, 5) is 0. The average molecular weight is 681 g/mol. The second kappa shape index (κ2) is 14.1. The van der Waals surface area contributed by atoms with Crippen molar-refractivity contribution in [3.8, 4) is 45.9 Å². The number of alkyl halides is 3. The first-order chi connectivity index (χ1) is 25.1. The number of hydrogen-bond acceptors (Lipinski definition) is 0. The van der Waals surface area contributed by atoms with Crippen LogP contribution in [0.4, 0.5) is 13.2 Å². The average Bonchev–Trinajstić information content (AvgIpc) is 3.18. The Kier molecular flexibility index (Phi) is 9.30. The summed E-state index contributed by atoms with van der Waals surface area (Å²) in [6.07, 6.45) is -4.63. The van der Waals surface area contributed by atoms with Crippen molar-refractivity contribution in [1.82, 2.24) is 0 Å². The van der Waals surface area contributed by atoms with Gasteiger partial charge in [0.2, 0.25) is 0 Å². The zero-order valence-electron chi connectivity index (χ0n) is 29.1. The molecule has 0 aromatic heterocycles. The Labute approximate surface area is 303 Å². The molecule has 1 atom stereocenters. The predicted octanol–water partition coefficient (Wildman–Crippen LogP) is 12.5. The van der Waals surface area contributed by atoms with Gasteiger partial charge in [-0.1, -0.05) is 139 Å². The molecule has 1 unspecified atom stereocenters. The molecule has 7 rings (SSSR count). The number of fused-ring (bicyclic) bond motifs is 1. The quantitative estimate of drug-likeness (QED) is 0.162. The standard InChI is InChI=1S/C49H35F3/c1-34-44-31-30-43(33-45(44)35(2)47(40-22-14-7-15-23-40)46(34)39-20-12-6-13-21-39)48(3,49(50,51)52)42-29-28-38(26-24-36-16-8-4-9-17-36)41(32-42)27-25-37-18-10-5-11-19-37/h4-23,28-33H,1-3H3. The maximum Gasteiger partial charge on any atom is 0.402 e. The first-order valence-corrected chi connectivity index (χ1v) is 17.2. The SMILES string of the molecule is Cc1c(-c2ccccc2)c(-c2ccccc2)c(C)c2cc(C(C)(c3ccc(C#Cc4ccccc4)c(C#Cc4ccccc4)c3)C(F)(F)F)ccc12. The van der Waals surface area contributed by atoms with E-state index in [9.17, 15) is 0 Å². The molecule has 0 radical (unpaired) electrons. The van der Waals surface area contributed by atoms with E-state index in [-0.39, 0.29) is 11.1 Å². The third kappa shape index (κ3) is 6.51. The predicted molar refractivity (Wildman–Crippen MR) is 208 cm³/mol. The highest BCUT2D eigenvalue weighted by Gasteiger charge is 2.53. The fourth-order valence-corrected chi connectivity index (χ4v) is 6.95. The van der Waals surface area contributed by atoms with Crippen LogP contribution in [-0.4, -0.2) is 6.18 Å². The van der Waals surface area contributed by atoms with Gasteiger partial charge in [0, 0.05) is 22.3 Å². The zero-order chi connectivity index (χ0) is 36.3. The van der Waals surface area contributed by atoms with Gasteiger partial charge in [0.25, 0.3) is 0 Å². The largest absolute Gasteiger partial charge is 0.402 e. The summed E-state index contributed by atoms with van der Waals surface area (Å²) in [6, 6.07) is 49.2. The first-order valence-electron chi connectivity index (χ1n) is 17.2. The van der Waals surface area contributed by atoms with Gasteiger partial charge in [-0.05, 0) is 119 Å². The van der Waals surface area contributed by atoms with Gasteiger partial charge in [0.1, 0.15) is 5.41 Å². The molecule has 0 nitrogen and oxygen atoms in total. The van der Waals surface area contributed by atoms with Crippen molar-refractivity contribution in [3.05, 3.63) is 202 Å². The fourth-order valence-electron chi connectivity index (χ4n) is 6.95. The van der Waals surface area contributed by atoms with E-state index in [1.165, 1.54) is 6.92 Å². The van der Waals surface area contributed by atoms with Crippen LogP contribution in [-0.2, 0) is 5.41 Å². The van der Waals surface area contributed by atoms with Crippen molar-refractivity contribution in [2.75, 3.05) is 0 Å². The number of hydrogen-bond donors (Lipinski definition) is 0. The molecule has 252 valence electrons. The number of rotatable bonds is 4. The highest BCUT2D eigenvalue weighted by molar-refractivity contribution is 6.03. The summed E-state index contributed by atoms with van der Waals surface area (Å²) in [5, 5.41) is 1.71. The Morgan fingerprint density at radius 1 is 0.423 bits per heavy atom. The van der Waals surface area contributed by atoms with Crippen LogP contribution >= 0.6 is 0 Å². The molecule has 0 aliphatic carbocycles. The highest BCUT2D eigenvalue weighted by Crippen LogP contribution is 2.49. The molecule has 0 heterocycles. The lowest BCUT2D eigenvalue weighted by Gasteiger charge is -2.34. The zero-order valence-corrected chi connectivity index (χ0v) is 29.1. The molecule has 0 N–H and O–H groups in total. The van der Waals surface area contributed by atoms with Crippen LogP contribution in [0.5, 0.6) is 0 Å². The molecular formula is C49H35F3. The van der Waals surface area contributed by atoms with Gasteiger partial charge < -0.3 is 0 Å². The normalized spacial score (nSPS) is 12.3. The fraction of sp³-hybridized carbons (Fsp3) is 0.102. The van der Waals surface area contributed by atoms with Gasteiger partial charge >= 0.3 is 6.18 Å². The van der Waals surface area contributed by atoms with E-state index >= 15 is 13.2 Å². The van der Waals surface area contributed by atoms with E-state index in [1.807, 2.05) is 110 Å². The molecule has 0 saturated carbocycles. The molecule has 0 aliphatic heterocycles. The van der Waals surface area contributed by atoms with Gasteiger partial charge in [-0.3, -0.25) is 0 Å². The summed E-state index contributed by atoms with van der Waals surface area (Å²) < 4.78 is 47.0. The first kappa shape index (κ1) is 34.2. The van der Waals surface area contributed by atoms with E-state index in [2.05, 4.69) is 54.9 Å². The second-order valence-corrected chi connectivity index (χ2v) is 13.1. The molecule has 52 heavy (non-hydrogen) atoms. The van der Waals surface area contributed by atoms with Crippen LogP contribution in [0, 0.1) is 37.5 Å². The Morgan fingerprint density at radius 2 is 0.846 bits per heavy atom. The van der Waals surface area contributed by atoms with Crippen LogP contribution in [0.3, 0.4) is 0 Å². The van der Waals surface area contributed by atoms with E-state index in [0.29, 0.717) is 11.1 Å². The van der Waals surface area contributed by atoms with Crippen LogP contribution < -0.4 is 0 Å². The van der Waals surface area contributed by atoms with E-state index in [0.717, 1.165) is 55.3 Å². The van der Waals surface area contributed by atoms with Crippen molar-refractivity contribution < 1.29 is 13.2 Å². The second-order valence-electron chi connectivity index (χ2n) is 13.1. The maximum atomic E-state index is 15.7. The van der Waals surface area contributed by atoms with Crippen LogP contribution in [0.2, 0.25) is 0 Å². The Bertz CT molecular complexity index is 2510. The molecule has 0 spiro atoms. The van der Waals surface area contributed by atoms with Gasteiger partial charge in [0.15, 0.2) is 0 Å². The monoisotopic (exact) mass is 680 g/mol. The highest BCUT2D eigenvalue weighted by atomic mass is 19.4. The summed E-state index contributed by atoms with van der Waals surface area (Å²) >= 11 is 0. The van der Waals surface area contributed by atoms with E-state index < -0.39 is 11.6 Å². The molecule has 3 heteroatoms. The molecule has 7 aromatic rings. The Hall–Kier alpha value is -6.29. The third-order valence-electron chi connectivity index (χ3n) is 9.92. The lowest BCUT2D eigenvalue weighted by atomic mass is 9.73. The summed E-state index contributed by atoms with van der Waals surface area (Å²) in [7, 11) is 0. The van der Waals surface area contributed by atoms with Gasteiger partial charge in [-0.15, -0.1) is 0 Å². The molecule has 0 saturated heterocycles. The Balaban J connectivity index is 1.44. The van der Waals surface area contributed by atoms with Gasteiger partial charge in [-0.25, -0.2) is 0 Å². The summed E-state index contributed by atoms with van der Waals surface area (Å²) in [6.45, 7) is 5.35. The number of halogens is 3. The van der Waals surface area contributed by atoms with Crippen molar-refractivity contribution in [3.63, 3.8) is 0 Å². The lowest BCUT2D eigenvalue weighted by molar-refractivity contribution is -0.173. The summed E-state index contributed by atoms with van der Waals surface area (Å²) in [5.41, 5.74) is 6.60. The topological polar surface area (TPSA) is 0 Å². The molecule has 7 aromatic carbocycles. The molecule has 0 amide bonds. The van der Waals surface area contributed by atoms with E-state index in [4.69, 9.17) is 0 Å². The minimum absolute atomic E-state index is 0.0977. The molecule has 0 aliphatic rings. The lowest BCUT2D eigenvalue weighted by Crippen LogP contribution is -2.40. The smallest absolute Gasteiger partial charge is 0.170 e. The van der Waals surface area contributed by atoms with Crippen molar-refractivity contribution in [2.45, 2.75) is 32.4 Å². The summed E-state index contributed by atoms with van der Waals surface area (Å²) in [5.74, 6) is 12.6. The van der Waals surface area contributed by atoms with Crippen molar-refractivity contribution in [2.24, 2.45) is 0 Å². The molecule has 0 fully saturated rings. The van der Waals surface area contributed by atoms with Gasteiger partial charge in [0.05, 0.1) is 0 Å². The van der Waals surface area contributed by atoms with Crippen LogP contribution in [0.15, 0.2) is 158 Å². The van der Waals surface area contributed by atoms with Crippen molar-refractivity contribution in [1.29, 1.82) is 0 Å². The van der Waals surface area contributed by atoms with Crippen LogP contribution in [0.25, 0.3) is 33.0 Å². The maximum absolute atomic E-state index is 15.7. The van der Waals surface area contributed by atoms with Crippen molar-refractivity contribution >= 4 is 10.8 Å². The van der Waals surface area contributed by atoms with E-state index in [1.54, 1.807) is 30.3 Å². The minimum Gasteiger partial charge on any atom is -0.170 e. The molecule has 0 bridgehead atoms. The minimum atomic E-state index is -4.63. The van der Waals surface area contributed by atoms with Gasteiger partial charge in [-0.2, -0.15) is 13.2 Å².